The first kappa shape index (κ1) is 28.5. The zero-order chi connectivity index (χ0) is 29.3. The topological polar surface area (TPSA) is 154 Å². The van der Waals surface area contributed by atoms with Crippen LogP contribution in [0.3, 0.4) is 0 Å². The number of nitrogens with zero attached hydrogens (tertiary/aromatic N) is 1. The van der Waals surface area contributed by atoms with Crippen molar-refractivity contribution in [2.24, 2.45) is 0 Å². The Morgan fingerprint density at radius 3 is 2.23 bits per heavy atom. The highest BCUT2D eigenvalue weighted by Gasteiger charge is 2.37. The zero-order valence-corrected chi connectivity index (χ0v) is 23.0. The number of fused-ring (bicyclic) bond motifs is 1. The maximum atomic E-state index is 12.7. The predicted molar refractivity (Wildman–Crippen MR) is 142 cm³/mol. The predicted octanol–water partition coefficient (Wildman–Crippen LogP) is 4.05. The molecular weight excluding hydrogens is 522 g/mol. The lowest BCUT2D eigenvalue weighted by molar-refractivity contribution is -0.140. The molecule has 1 aromatic heterocycles. The summed E-state index contributed by atoms with van der Waals surface area (Å²) in [6.07, 6.45) is 0.240. The number of phenols is 2. The van der Waals surface area contributed by atoms with Crippen LogP contribution in [0.2, 0.25) is 0 Å². The monoisotopic (exact) mass is 553 g/mol. The van der Waals surface area contributed by atoms with Crippen LogP contribution in [0, 0.1) is 6.92 Å². The van der Waals surface area contributed by atoms with Gasteiger partial charge in [0.2, 0.25) is 0 Å². The minimum absolute atomic E-state index is 0.0982. The second kappa shape index (κ2) is 11.3. The van der Waals surface area contributed by atoms with Gasteiger partial charge in [0.05, 0.1) is 52.7 Å². The number of methoxy groups -OCH3 is 4. The summed E-state index contributed by atoms with van der Waals surface area (Å²) in [7, 11) is 5.52. The molecular formula is C29H31NO10. The smallest absolute Gasteiger partial charge is 0.306 e. The molecule has 0 bridgehead atoms. The van der Waals surface area contributed by atoms with E-state index < -0.39 is 35.3 Å². The molecule has 0 amide bonds. The fraction of sp³-hybridized carbons (Fsp3) is 0.345. The molecule has 0 unspecified atom stereocenters. The molecule has 11 nitrogen and oxygen atoms in total. The first-order chi connectivity index (χ1) is 19.1. The third-order valence-corrected chi connectivity index (χ3v) is 7.08. The SMILES string of the molecule is COC(=O)C[C@H](c1cc(OC)c(OC)cc1OC)c1c(O)c(C(C)=O)cc([C@H]2OCc3cnc(C)c(O)c32)c1O. The minimum Gasteiger partial charge on any atom is -0.507 e. The van der Waals surface area contributed by atoms with Gasteiger partial charge in [-0.3, -0.25) is 14.6 Å². The molecule has 0 radical (unpaired) electrons. The number of hydrogen-bond donors (Lipinski definition) is 3. The number of carbonyl (C=O) groups excluding carboxylic acids is 2. The number of rotatable bonds is 9. The van der Waals surface area contributed by atoms with Crippen molar-refractivity contribution in [1.29, 1.82) is 0 Å². The molecule has 2 heterocycles. The van der Waals surface area contributed by atoms with Gasteiger partial charge in [-0.1, -0.05) is 0 Å². The van der Waals surface area contributed by atoms with Gasteiger partial charge < -0.3 is 39.0 Å². The van der Waals surface area contributed by atoms with Crippen LogP contribution < -0.4 is 14.2 Å². The summed E-state index contributed by atoms with van der Waals surface area (Å²) < 4.78 is 27.3. The van der Waals surface area contributed by atoms with Crippen molar-refractivity contribution in [2.75, 3.05) is 28.4 Å². The lowest BCUT2D eigenvalue weighted by Crippen LogP contribution is -2.14. The van der Waals surface area contributed by atoms with Gasteiger partial charge in [-0.25, -0.2) is 0 Å². The number of ether oxygens (including phenoxy) is 5. The van der Waals surface area contributed by atoms with Gasteiger partial charge in [0, 0.05) is 46.0 Å². The summed E-state index contributed by atoms with van der Waals surface area (Å²) in [4.78, 5) is 29.5. The van der Waals surface area contributed by atoms with E-state index in [1.54, 1.807) is 25.3 Å². The maximum Gasteiger partial charge on any atom is 0.306 e. The normalized spacial score (nSPS) is 14.8. The highest BCUT2D eigenvalue weighted by Crippen LogP contribution is 2.52. The number of carbonyl (C=O) groups is 2. The van der Waals surface area contributed by atoms with Crippen LogP contribution in [0.5, 0.6) is 34.5 Å². The Labute approximate surface area is 230 Å². The second-order valence-corrected chi connectivity index (χ2v) is 9.28. The van der Waals surface area contributed by atoms with Gasteiger partial charge in [0.1, 0.15) is 29.1 Å². The summed E-state index contributed by atoms with van der Waals surface area (Å²) in [5.41, 5.74) is 1.59. The molecule has 1 aliphatic rings. The van der Waals surface area contributed by atoms with Crippen LogP contribution in [0.25, 0.3) is 0 Å². The van der Waals surface area contributed by atoms with E-state index >= 15 is 0 Å². The Morgan fingerprint density at radius 2 is 1.62 bits per heavy atom. The van der Waals surface area contributed by atoms with E-state index in [1.807, 2.05) is 0 Å². The number of hydrogen-bond acceptors (Lipinski definition) is 11. The van der Waals surface area contributed by atoms with Crippen LogP contribution in [0.1, 0.15) is 69.2 Å². The van der Waals surface area contributed by atoms with Crippen LogP contribution in [-0.4, -0.2) is 60.5 Å². The number of pyridine rings is 1. The molecule has 11 heteroatoms. The van der Waals surface area contributed by atoms with Gasteiger partial charge in [0.15, 0.2) is 17.3 Å². The molecule has 3 N–H and O–H groups in total. The summed E-state index contributed by atoms with van der Waals surface area (Å²) in [5.74, 6) is -2.37. The number of aromatic hydroxyl groups is 3. The molecule has 0 spiro atoms. The highest BCUT2D eigenvalue weighted by molar-refractivity contribution is 5.98. The van der Waals surface area contributed by atoms with Crippen LogP contribution in [0.15, 0.2) is 24.4 Å². The molecule has 212 valence electrons. The Kier molecular flexibility index (Phi) is 8.06. The highest BCUT2D eigenvalue weighted by atomic mass is 16.5. The molecule has 40 heavy (non-hydrogen) atoms. The first-order valence-electron chi connectivity index (χ1n) is 12.3. The Morgan fingerprint density at radius 1 is 0.975 bits per heavy atom. The van der Waals surface area contributed by atoms with E-state index in [0.717, 1.165) is 0 Å². The average molecular weight is 554 g/mol. The van der Waals surface area contributed by atoms with E-state index in [4.69, 9.17) is 23.7 Å². The maximum absolute atomic E-state index is 12.7. The van der Waals surface area contributed by atoms with Crippen LogP contribution >= 0.6 is 0 Å². The molecule has 0 saturated carbocycles. The van der Waals surface area contributed by atoms with Crippen molar-refractivity contribution in [2.45, 2.75) is 38.9 Å². The third-order valence-electron chi connectivity index (χ3n) is 7.08. The van der Waals surface area contributed by atoms with E-state index in [-0.39, 0.29) is 41.2 Å². The van der Waals surface area contributed by atoms with Gasteiger partial charge >= 0.3 is 5.97 Å². The van der Waals surface area contributed by atoms with Gasteiger partial charge in [-0.2, -0.15) is 0 Å². The summed E-state index contributed by atoms with van der Waals surface area (Å²) in [5, 5.41) is 33.9. The number of aryl methyl sites for hydroxylation is 1. The fourth-order valence-corrected chi connectivity index (χ4v) is 5.01. The summed E-state index contributed by atoms with van der Waals surface area (Å²) in [6.45, 7) is 2.99. The molecule has 3 aromatic rings. The Balaban J connectivity index is 2.05. The molecule has 2 aromatic carbocycles. The van der Waals surface area contributed by atoms with Crippen molar-refractivity contribution in [3.63, 3.8) is 0 Å². The average Bonchev–Trinajstić information content (AvgIpc) is 3.37. The number of ketones is 1. The molecule has 1 aliphatic heterocycles. The third kappa shape index (κ3) is 4.84. The number of esters is 1. The van der Waals surface area contributed by atoms with Crippen molar-refractivity contribution in [3.05, 3.63) is 63.5 Å². The van der Waals surface area contributed by atoms with Crippen LogP contribution in [-0.2, 0) is 20.9 Å². The standard InChI is InChI=1S/C29H31NO10/c1-13-26(33)24-15(11-30-13)12-40-29(24)19-7-16(14(2)31)27(34)25(28(19)35)18(9-23(32)39-6)17-8-21(37-4)22(38-5)10-20(17)36-3/h7-8,10-11,18,29,33-35H,9,12H2,1-6H3/t18-,29-/m1/s1. The van der Waals surface area contributed by atoms with Gasteiger partial charge in [-0.15, -0.1) is 0 Å². The first-order valence-corrected chi connectivity index (χ1v) is 12.3. The van der Waals surface area contributed by atoms with E-state index in [1.165, 1.54) is 41.4 Å². The van der Waals surface area contributed by atoms with Gasteiger partial charge in [0.25, 0.3) is 0 Å². The molecule has 4 rings (SSSR count). The molecule has 0 saturated heterocycles. The van der Waals surface area contributed by atoms with Crippen molar-refractivity contribution < 1.29 is 48.6 Å². The number of phenolic OH excluding ortho intramolecular Hbond substituents is 2. The molecule has 0 aliphatic carbocycles. The quantitative estimate of drug-likeness (QED) is 0.260. The largest absolute Gasteiger partial charge is 0.507 e. The summed E-state index contributed by atoms with van der Waals surface area (Å²) >= 11 is 0. The lowest BCUT2D eigenvalue weighted by atomic mass is 9.82. The van der Waals surface area contributed by atoms with Crippen LogP contribution in [0.4, 0.5) is 0 Å². The van der Waals surface area contributed by atoms with Gasteiger partial charge in [-0.05, 0) is 26.0 Å². The minimum atomic E-state index is -1.08. The van der Waals surface area contributed by atoms with Crippen molar-refractivity contribution in [1.82, 2.24) is 4.98 Å². The lowest BCUT2D eigenvalue weighted by Gasteiger charge is -2.26. The van der Waals surface area contributed by atoms with E-state index in [9.17, 15) is 24.9 Å². The number of Topliss-reactive ketones (excluding diaryl/α,β-unsaturated/α-hetero) is 1. The number of aromatic nitrogens is 1. The van der Waals surface area contributed by atoms with E-state index in [0.29, 0.717) is 33.9 Å². The fourth-order valence-electron chi connectivity index (χ4n) is 5.01. The zero-order valence-electron chi connectivity index (χ0n) is 23.0. The molecule has 2 atom stereocenters. The second-order valence-electron chi connectivity index (χ2n) is 9.28. The Hall–Kier alpha value is -4.51. The number of benzene rings is 2. The summed E-state index contributed by atoms with van der Waals surface area (Å²) in [6, 6.07) is 4.44. The van der Waals surface area contributed by atoms with Crippen molar-refractivity contribution >= 4 is 11.8 Å². The van der Waals surface area contributed by atoms with Crippen molar-refractivity contribution in [3.8, 4) is 34.5 Å². The molecule has 0 fully saturated rings. The Bertz CT molecular complexity index is 1480. The van der Waals surface area contributed by atoms with E-state index in [2.05, 4.69) is 4.98 Å².